The SMILES string of the molecule is Cn1cccc1-c1cc(C(=O)N2CC(O)CO2)[nH]n1. The molecule has 7 nitrogen and oxygen atoms in total. The van der Waals surface area contributed by atoms with Crippen LogP contribution in [0.4, 0.5) is 0 Å². The van der Waals surface area contributed by atoms with Gasteiger partial charge in [0.1, 0.15) is 24.1 Å². The summed E-state index contributed by atoms with van der Waals surface area (Å²) in [4.78, 5) is 17.2. The maximum Gasteiger partial charge on any atom is 0.295 e. The minimum Gasteiger partial charge on any atom is -0.389 e. The van der Waals surface area contributed by atoms with E-state index in [0.717, 1.165) is 10.8 Å². The van der Waals surface area contributed by atoms with Crippen molar-refractivity contribution >= 4 is 5.91 Å². The molecular weight excluding hydrogens is 248 g/mol. The van der Waals surface area contributed by atoms with E-state index >= 15 is 0 Å². The summed E-state index contributed by atoms with van der Waals surface area (Å²) < 4.78 is 1.92. The lowest BCUT2D eigenvalue weighted by molar-refractivity contribution is -0.0783. The van der Waals surface area contributed by atoms with E-state index in [9.17, 15) is 9.90 Å². The van der Waals surface area contributed by atoms with Crippen LogP contribution < -0.4 is 0 Å². The van der Waals surface area contributed by atoms with Crippen LogP contribution in [0.15, 0.2) is 24.4 Å². The van der Waals surface area contributed by atoms with E-state index in [1.54, 1.807) is 6.07 Å². The van der Waals surface area contributed by atoms with Crippen LogP contribution in [0, 0.1) is 0 Å². The van der Waals surface area contributed by atoms with Crippen molar-refractivity contribution in [3.8, 4) is 11.4 Å². The van der Waals surface area contributed by atoms with Crippen molar-refractivity contribution in [2.45, 2.75) is 6.10 Å². The monoisotopic (exact) mass is 262 g/mol. The Morgan fingerprint density at radius 1 is 1.63 bits per heavy atom. The third-order valence-corrected chi connectivity index (χ3v) is 3.04. The zero-order valence-electron chi connectivity index (χ0n) is 10.4. The summed E-state index contributed by atoms with van der Waals surface area (Å²) in [5, 5.41) is 17.3. The van der Waals surface area contributed by atoms with E-state index < -0.39 is 6.10 Å². The molecule has 1 fully saturated rings. The Bertz CT molecular complexity index is 604. The third kappa shape index (κ3) is 2.13. The van der Waals surface area contributed by atoms with Crippen molar-refractivity contribution < 1.29 is 14.7 Å². The lowest BCUT2D eigenvalue weighted by Crippen LogP contribution is -2.28. The van der Waals surface area contributed by atoms with E-state index in [-0.39, 0.29) is 19.1 Å². The number of amides is 1. The summed E-state index contributed by atoms with van der Waals surface area (Å²) in [7, 11) is 1.91. The number of hydrogen-bond donors (Lipinski definition) is 2. The van der Waals surface area contributed by atoms with Gasteiger partial charge in [-0.15, -0.1) is 0 Å². The van der Waals surface area contributed by atoms with E-state index in [2.05, 4.69) is 10.2 Å². The summed E-state index contributed by atoms with van der Waals surface area (Å²) >= 11 is 0. The molecular formula is C12H14N4O3. The molecule has 0 spiro atoms. The number of nitrogens with zero attached hydrogens (tertiary/aromatic N) is 3. The molecule has 2 aromatic heterocycles. The number of carbonyl (C=O) groups excluding carboxylic acids is 1. The van der Waals surface area contributed by atoms with Crippen LogP contribution in [0.3, 0.4) is 0 Å². The van der Waals surface area contributed by atoms with Crippen molar-refractivity contribution in [1.82, 2.24) is 19.8 Å². The van der Waals surface area contributed by atoms with E-state index in [4.69, 9.17) is 4.84 Å². The molecule has 1 aliphatic heterocycles. The highest BCUT2D eigenvalue weighted by Crippen LogP contribution is 2.19. The number of aryl methyl sites for hydroxylation is 1. The van der Waals surface area contributed by atoms with Gasteiger partial charge in [-0.05, 0) is 18.2 Å². The molecule has 0 saturated carbocycles. The zero-order chi connectivity index (χ0) is 13.4. The first kappa shape index (κ1) is 11.9. The second-order valence-corrected chi connectivity index (χ2v) is 4.49. The Hall–Kier alpha value is -2.12. The number of nitrogens with one attached hydrogen (secondary N) is 1. The quantitative estimate of drug-likeness (QED) is 0.807. The lowest BCUT2D eigenvalue weighted by Gasteiger charge is -2.11. The molecule has 7 heteroatoms. The van der Waals surface area contributed by atoms with Gasteiger partial charge in [0.15, 0.2) is 0 Å². The zero-order valence-corrected chi connectivity index (χ0v) is 10.4. The molecule has 19 heavy (non-hydrogen) atoms. The minimum atomic E-state index is -0.626. The number of H-pyrrole nitrogens is 1. The number of hydrogen-bond acceptors (Lipinski definition) is 4. The second-order valence-electron chi connectivity index (χ2n) is 4.49. The molecule has 0 aromatic carbocycles. The molecule has 1 atom stereocenters. The number of hydroxylamine groups is 2. The lowest BCUT2D eigenvalue weighted by atomic mass is 10.2. The van der Waals surface area contributed by atoms with E-state index in [1.165, 1.54) is 0 Å². The maximum absolute atomic E-state index is 12.1. The van der Waals surface area contributed by atoms with Gasteiger partial charge in [0, 0.05) is 13.2 Å². The minimum absolute atomic E-state index is 0.143. The molecule has 3 heterocycles. The second kappa shape index (κ2) is 4.52. The van der Waals surface area contributed by atoms with Gasteiger partial charge < -0.3 is 9.67 Å². The predicted octanol–water partition coefficient (Wildman–Crippen LogP) is 0.163. The third-order valence-electron chi connectivity index (χ3n) is 3.04. The highest BCUT2D eigenvalue weighted by Gasteiger charge is 2.28. The number of carbonyl (C=O) groups is 1. The highest BCUT2D eigenvalue weighted by atomic mass is 16.7. The van der Waals surface area contributed by atoms with Gasteiger partial charge in [-0.3, -0.25) is 14.7 Å². The first-order chi connectivity index (χ1) is 9.15. The molecule has 0 aliphatic carbocycles. The average Bonchev–Trinajstić information content (AvgIpc) is 3.08. The summed E-state index contributed by atoms with van der Waals surface area (Å²) in [6, 6.07) is 5.50. The standard InChI is InChI=1S/C12H14N4O3/c1-15-4-2-3-11(15)9-5-10(14-13-9)12(18)16-6-8(17)7-19-16/h2-5,8,17H,6-7H2,1H3,(H,13,14). The Balaban J connectivity index is 1.82. The normalized spacial score (nSPS) is 19.1. The van der Waals surface area contributed by atoms with Gasteiger partial charge in [0.2, 0.25) is 0 Å². The number of rotatable bonds is 2. The summed E-state index contributed by atoms with van der Waals surface area (Å²) in [5.74, 6) is -0.329. The molecule has 3 rings (SSSR count). The largest absolute Gasteiger partial charge is 0.389 e. The van der Waals surface area contributed by atoms with Crippen molar-refractivity contribution in [3.05, 3.63) is 30.1 Å². The smallest absolute Gasteiger partial charge is 0.295 e. The fraction of sp³-hybridized carbons (Fsp3) is 0.333. The van der Waals surface area contributed by atoms with Gasteiger partial charge in [-0.2, -0.15) is 5.10 Å². The van der Waals surface area contributed by atoms with Crippen LogP contribution in [-0.4, -0.2) is 50.1 Å². The summed E-state index contributed by atoms with van der Waals surface area (Å²) in [6.07, 6.45) is 1.28. The van der Waals surface area contributed by atoms with Crippen LogP contribution in [0.25, 0.3) is 11.4 Å². The van der Waals surface area contributed by atoms with Crippen LogP contribution in [0.1, 0.15) is 10.5 Å². The molecule has 1 aliphatic rings. The highest BCUT2D eigenvalue weighted by molar-refractivity contribution is 5.92. The van der Waals surface area contributed by atoms with Crippen LogP contribution in [-0.2, 0) is 11.9 Å². The van der Waals surface area contributed by atoms with Gasteiger partial charge in [-0.1, -0.05) is 0 Å². The van der Waals surface area contributed by atoms with Crippen LogP contribution in [0.5, 0.6) is 0 Å². The Morgan fingerprint density at radius 2 is 2.47 bits per heavy atom. The molecule has 0 bridgehead atoms. The Labute approximate surface area is 109 Å². The number of aromatic amines is 1. The predicted molar refractivity (Wildman–Crippen MR) is 66.0 cm³/mol. The molecule has 1 unspecified atom stereocenters. The fourth-order valence-electron chi connectivity index (χ4n) is 2.04. The first-order valence-corrected chi connectivity index (χ1v) is 5.95. The number of aliphatic hydroxyl groups excluding tert-OH is 1. The topological polar surface area (TPSA) is 83.4 Å². The Morgan fingerprint density at radius 3 is 3.11 bits per heavy atom. The molecule has 0 radical (unpaired) electrons. The van der Waals surface area contributed by atoms with Gasteiger partial charge >= 0.3 is 0 Å². The molecule has 1 saturated heterocycles. The van der Waals surface area contributed by atoms with E-state index in [0.29, 0.717) is 11.4 Å². The maximum atomic E-state index is 12.1. The van der Waals surface area contributed by atoms with Gasteiger partial charge in [0.05, 0.1) is 12.2 Å². The summed E-state index contributed by atoms with van der Waals surface area (Å²) in [6.45, 7) is 0.321. The van der Waals surface area contributed by atoms with Gasteiger partial charge in [0.25, 0.3) is 5.91 Å². The number of aliphatic hydroxyl groups is 1. The van der Waals surface area contributed by atoms with Gasteiger partial charge in [-0.25, -0.2) is 5.06 Å². The molecule has 100 valence electrons. The molecule has 2 aromatic rings. The van der Waals surface area contributed by atoms with Crippen molar-refractivity contribution in [2.24, 2.45) is 7.05 Å². The van der Waals surface area contributed by atoms with E-state index in [1.807, 2.05) is 29.9 Å². The van der Waals surface area contributed by atoms with Crippen LogP contribution in [0.2, 0.25) is 0 Å². The number of aromatic nitrogens is 3. The van der Waals surface area contributed by atoms with Crippen molar-refractivity contribution in [3.63, 3.8) is 0 Å². The Kier molecular flexibility index (Phi) is 2.84. The fourth-order valence-corrected chi connectivity index (χ4v) is 2.04. The van der Waals surface area contributed by atoms with Crippen molar-refractivity contribution in [2.75, 3.05) is 13.2 Å². The van der Waals surface area contributed by atoms with Crippen molar-refractivity contribution in [1.29, 1.82) is 0 Å². The molecule has 2 N–H and O–H groups in total. The number of β-amino-alcohol motifs (C(OH)–C–C–N with tert-alkyl or cyclic N) is 1. The first-order valence-electron chi connectivity index (χ1n) is 5.95. The van der Waals surface area contributed by atoms with Crippen LogP contribution >= 0.6 is 0 Å². The average molecular weight is 262 g/mol. The summed E-state index contributed by atoms with van der Waals surface area (Å²) in [5.41, 5.74) is 1.94. The molecule has 1 amide bonds.